The summed E-state index contributed by atoms with van der Waals surface area (Å²) in [7, 11) is 1.63. The molecule has 0 spiro atoms. The number of rotatable bonds is 4. The van der Waals surface area contributed by atoms with Crippen LogP contribution in [0.15, 0.2) is 0 Å². The van der Waals surface area contributed by atoms with Gasteiger partial charge in [-0.05, 0) is 12.3 Å². The number of nitrogens with two attached hydrogens (primary N) is 1. The van der Waals surface area contributed by atoms with Gasteiger partial charge in [-0.15, -0.1) is 12.4 Å². The minimum absolute atomic E-state index is 0. The zero-order valence-corrected chi connectivity index (χ0v) is 8.78. The molecule has 0 aliphatic heterocycles. The number of nitrogens with one attached hydrogen (secondary N) is 1. The maximum absolute atomic E-state index is 10.8. The average molecular weight is 195 g/mol. The molecule has 0 unspecified atom stereocenters. The highest BCUT2D eigenvalue weighted by Gasteiger charge is 2.08. The van der Waals surface area contributed by atoms with Gasteiger partial charge in [0.05, 0.1) is 0 Å². The SMILES string of the molecule is CNC(=O)C[C@@H](N)CC(C)C.Cl. The average Bonchev–Trinajstić information content (AvgIpc) is 1.85. The largest absolute Gasteiger partial charge is 0.359 e. The van der Waals surface area contributed by atoms with E-state index < -0.39 is 0 Å². The monoisotopic (exact) mass is 194 g/mol. The van der Waals surface area contributed by atoms with Gasteiger partial charge in [-0.25, -0.2) is 0 Å². The second-order valence-corrected chi connectivity index (χ2v) is 3.27. The van der Waals surface area contributed by atoms with Crippen molar-refractivity contribution >= 4 is 18.3 Å². The molecule has 0 aromatic heterocycles. The van der Waals surface area contributed by atoms with Gasteiger partial charge in [0.25, 0.3) is 0 Å². The van der Waals surface area contributed by atoms with Crippen LogP contribution in [0.1, 0.15) is 26.7 Å². The van der Waals surface area contributed by atoms with Crippen LogP contribution < -0.4 is 11.1 Å². The Morgan fingerprint density at radius 2 is 2.00 bits per heavy atom. The Bertz CT molecular complexity index is 128. The second-order valence-electron chi connectivity index (χ2n) is 3.27. The van der Waals surface area contributed by atoms with E-state index >= 15 is 0 Å². The van der Waals surface area contributed by atoms with Crippen molar-refractivity contribution in [3.63, 3.8) is 0 Å². The predicted octanol–water partition coefficient (Wildman–Crippen LogP) is 0.918. The Morgan fingerprint density at radius 1 is 1.50 bits per heavy atom. The molecule has 0 rings (SSSR count). The lowest BCUT2D eigenvalue weighted by molar-refractivity contribution is -0.120. The van der Waals surface area contributed by atoms with Crippen LogP contribution in [0.5, 0.6) is 0 Å². The minimum Gasteiger partial charge on any atom is -0.359 e. The van der Waals surface area contributed by atoms with Crippen molar-refractivity contribution in [3.05, 3.63) is 0 Å². The molecular formula is C8H19ClN2O. The molecule has 3 N–H and O–H groups in total. The summed E-state index contributed by atoms with van der Waals surface area (Å²) in [5.74, 6) is 0.591. The van der Waals surface area contributed by atoms with Gasteiger partial charge in [-0.3, -0.25) is 4.79 Å². The van der Waals surface area contributed by atoms with E-state index in [0.717, 1.165) is 6.42 Å². The summed E-state index contributed by atoms with van der Waals surface area (Å²) in [5.41, 5.74) is 5.69. The first-order valence-electron chi connectivity index (χ1n) is 4.02. The van der Waals surface area contributed by atoms with Crippen LogP contribution in [0, 0.1) is 5.92 Å². The molecule has 1 atom stereocenters. The number of halogens is 1. The van der Waals surface area contributed by atoms with Crippen LogP contribution >= 0.6 is 12.4 Å². The predicted molar refractivity (Wildman–Crippen MR) is 53.4 cm³/mol. The molecular weight excluding hydrogens is 176 g/mol. The molecule has 0 radical (unpaired) electrons. The standard InChI is InChI=1S/C8H18N2O.ClH/c1-6(2)4-7(9)5-8(11)10-3;/h6-7H,4-5,9H2,1-3H3,(H,10,11);1H/t7-;/m0./s1. The van der Waals surface area contributed by atoms with E-state index in [9.17, 15) is 4.79 Å². The summed E-state index contributed by atoms with van der Waals surface area (Å²) in [6.07, 6.45) is 1.35. The summed E-state index contributed by atoms with van der Waals surface area (Å²) in [4.78, 5) is 10.8. The number of hydrogen-bond acceptors (Lipinski definition) is 2. The van der Waals surface area contributed by atoms with Gasteiger partial charge in [0, 0.05) is 19.5 Å². The third kappa shape index (κ3) is 7.82. The van der Waals surface area contributed by atoms with Crippen LogP contribution in [0.4, 0.5) is 0 Å². The number of amides is 1. The number of hydrogen-bond donors (Lipinski definition) is 2. The van der Waals surface area contributed by atoms with Gasteiger partial charge >= 0.3 is 0 Å². The van der Waals surface area contributed by atoms with Crippen LogP contribution in [0.25, 0.3) is 0 Å². The van der Waals surface area contributed by atoms with Gasteiger partial charge in [-0.2, -0.15) is 0 Å². The molecule has 0 aromatic carbocycles. The Labute approximate surface area is 80.5 Å². The smallest absolute Gasteiger partial charge is 0.221 e. The highest BCUT2D eigenvalue weighted by atomic mass is 35.5. The fraction of sp³-hybridized carbons (Fsp3) is 0.875. The molecule has 0 aromatic rings. The van der Waals surface area contributed by atoms with Crippen molar-refractivity contribution in [1.82, 2.24) is 5.32 Å². The zero-order chi connectivity index (χ0) is 8.85. The summed E-state index contributed by atoms with van der Waals surface area (Å²) < 4.78 is 0. The van der Waals surface area contributed by atoms with Crippen molar-refractivity contribution in [3.8, 4) is 0 Å². The molecule has 0 aliphatic carbocycles. The molecule has 0 saturated heterocycles. The first kappa shape index (κ1) is 14.3. The topological polar surface area (TPSA) is 55.1 Å². The fourth-order valence-corrected chi connectivity index (χ4v) is 1.03. The van der Waals surface area contributed by atoms with E-state index in [-0.39, 0.29) is 24.4 Å². The molecule has 1 amide bonds. The lowest BCUT2D eigenvalue weighted by atomic mass is 10.0. The highest BCUT2D eigenvalue weighted by molar-refractivity contribution is 5.85. The molecule has 74 valence electrons. The summed E-state index contributed by atoms with van der Waals surface area (Å²) in [6, 6.07) is 0.00921. The number of carbonyl (C=O) groups excluding carboxylic acids is 1. The van der Waals surface area contributed by atoms with Crippen LogP contribution in [-0.2, 0) is 4.79 Å². The Kier molecular flexibility index (Phi) is 8.76. The molecule has 0 heterocycles. The summed E-state index contributed by atoms with van der Waals surface area (Å²) in [6.45, 7) is 4.20. The highest BCUT2D eigenvalue weighted by Crippen LogP contribution is 2.04. The van der Waals surface area contributed by atoms with Crippen molar-refractivity contribution in [1.29, 1.82) is 0 Å². The van der Waals surface area contributed by atoms with Crippen LogP contribution in [0.3, 0.4) is 0 Å². The number of carbonyl (C=O) groups is 1. The molecule has 0 fully saturated rings. The minimum atomic E-state index is 0. The zero-order valence-electron chi connectivity index (χ0n) is 7.96. The van der Waals surface area contributed by atoms with E-state index in [2.05, 4.69) is 19.2 Å². The maximum Gasteiger partial charge on any atom is 0.221 e. The van der Waals surface area contributed by atoms with Gasteiger partial charge in [0.1, 0.15) is 0 Å². The third-order valence-electron chi connectivity index (χ3n) is 1.50. The van der Waals surface area contributed by atoms with E-state index in [4.69, 9.17) is 5.73 Å². The van der Waals surface area contributed by atoms with E-state index in [1.54, 1.807) is 7.05 Å². The maximum atomic E-state index is 10.8. The van der Waals surface area contributed by atoms with Gasteiger partial charge < -0.3 is 11.1 Å². The van der Waals surface area contributed by atoms with Gasteiger partial charge in [0.15, 0.2) is 0 Å². The van der Waals surface area contributed by atoms with Crippen molar-refractivity contribution < 1.29 is 4.79 Å². The Hall–Kier alpha value is -0.280. The summed E-state index contributed by atoms with van der Waals surface area (Å²) in [5, 5.41) is 2.55. The van der Waals surface area contributed by atoms with E-state index in [0.29, 0.717) is 12.3 Å². The molecule has 0 bridgehead atoms. The fourth-order valence-electron chi connectivity index (χ4n) is 1.03. The Balaban J connectivity index is 0. The molecule has 0 aliphatic rings. The molecule has 3 nitrogen and oxygen atoms in total. The van der Waals surface area contributed by atoms with Crippen molar-refractivity contribution in [2.75, 3.05) is 7.05 Å². The van der Waals surface area contributed by atoms with Crippen molar-refractivity contribution in [2.24, 2.45) is 11.7 Å². The molecule has 12 heavy (non-hydrogen) atoms. The molecule has 0 saturated carbocycles. The van der Waals surface area contributed by atoms with Gasteiger partial charge in [0.2, 0.25) is 5.91 Å². The van der Waals surface area contributed by atoms with Crippen LogP contribution in [0.2, 0.25) is 0 Å². The van der Waals surface area contributed by atoms with E-state index in [1.165, 1.54) is 0 Å². The van der Waals surface area contributed by atoms with Gasteiger partial charge in [-0.1, -0.05) is 13.8 Å². The van der Waals surface area contributed by atoms with Crippen LogP contribution in [-0.4, -0.2) is 19.0 Å². The van der Waals surface area contributed by atoms with Crippen molar-refractivity contribution in [2.45, 2.75) is 32.7 Å². The lowest BCUT2D eigenvalue weighted by Gasteiger charge is -2.12. The normalized spacial score (nSPS) is 12.1. The first-order valence-corrected chi connectivity index (χ1v) is 4.02. The summed E-state index contributed by atoms with van der Waals surface area (Å²) >= 11 is 0. The Morgan fingerprint density at radius 3 is 2.33 bits per heavy atom. The quantitative estimate of drug-likeness (QED) is 0.700. The molecule has 4 heteroatoms. The lowest BCUT2D eigenvalue weighted by Crippen LogP contribution is -2.30. The van der Waals surface area contributed by atoms with E-state index in [1.807, 2.05) is 0 Å². The third-order valence-corrected chi connectivity index (χ3v) is 1.50. The first-order chi connectivity index (χ1) is 5.06. The second kappa shape index (κ2) is 7.37.